The Morgan fingerprint density at radius 2 is 1.81 bits per heavy atom. The molecule has 2 atom stereocenters. The maximum Gasteiger partial charge on any atom is 0.314 e. The quantitative estimate of drug-likeness (QED) is 0.0557. The number of fused-ring (bicyclic) bond motifs is 2. The molecular formula is C51H57FN8O8S. The number of aromatic amines is 1. The zero-order valence-electron chi connectivity index (χ0n) is 39.0. The van der Waals surface area contributed by atoms with Crippen molar-refractivity contribution in [3.05, 3.63) is 111 Å². The van der Waals surface area contributed by atoms with E-state index in [1.165, 1.54) is 36.1 Å². The molecule has 0 unspecified atom stereocenters. The molecule has 16 nitrogen and oxygen atoms in total. The number of nitrogens with zero attached hydrogens (tertiary/aromatic N) is 5. The molecule has 2 saturated carbocycles. The summed E-state index contributed by atoms with van der Waals surface area (Å²) in [5.41, 5.74) is 2.45. The second-order valence-corrected chi connectivity index (χ2v) is 22.1. The van der Waals surface area contributed by atoms with Gasteiger partial charge in [-0.3, -0.25) is 19.8 Å². The normalized spacial score (nSPS) is 23.7. The molecule has 2 aromatic heterocycles. The van der Waals surface area contributed by atoms with Crippen molar-refractivity contribution in [3.63, 3.8) is 0 Å². The van der Waals surface area contributed by atoms with Crippen LogP contribution in [0.4, 0.5) is 27.3 Å². The third-order valence-electron chi connectivity index (χ3n) is 15.6. The second kappa shape index (κ2) is 17.9. The fourth-order valence-electron chi connectivity index (χ4n) is 11.7. The number of ether oxygens (including phenoxy) is 2. The number of carbonyl (C=O) groups is 1. The van der Waals surface area contributed by atoms with Crippen LogP contribution < -0.4 is 24.4 Å². The molecule has 10 rings (SSSR count). The zero-order chi connectivity index (χ0) is 48.4. The van der Waals surface area contributed by atoms with Crippen LogP contribution in [0.1, 0.15) is 118 Å². The van der Waals surface area contributed by atoms with Gasteiger partial charge in [-0.1, -0.05) is 49.7 Å². The van der Waals surface area contributed by atoms with Gasteiger partial charge in [0.2, 0.25) is 5.65 Å². The van der Waals surface area contributed by atoms with E-state index >= 15 is 0 Å². The summed E-state index contributed by atoms with van der Waals surface area (Å²) in [7, 11) is -4.77. The van der Waals surface area contributed by atoms with E-state index in [-0.39, 0.29) is 69.3 Å². The number of piperidine rings is 1. The first-order valence-electron chi connectivity index (χ1n) is 24.0. The predicted molar refractivity (Wildman–Crippen MR) is 258 cm³/mol. The molecule has 69 heavy (non-hydrogen) atoms. The number of carbonyl (C=O) groups excluding carboxylic acids is 1. The average Bonchev–Trinajstić information content (AvgIpc) is 3.96. The Balaban J connectivity index is 0.884. The number of rotatable bonds is 11. The Kier molecular flexibility index (Phi) is 12.1. The van der Waals surface area contributed by atoms with Crippen molar-refractivity contribution in [2.75, 3.05) is 36.5 Å². The van der Waals surface area contributed by atoms with Gasteiger partial charge in [0.15, 0.2) is 23.0 Å². The molecule has 5 heterocycles. The lowest BCUT2D eigenvalue weighted by molar-refractivity contribution is -0.384. The number of nitro groups is 1. The summed E-state index contributed by atoms with van der Waals surface area (Å²) in [5.74, 6) is -1.72. The van der Waals surface area contributed by atoms with Gasteiger partial charge in [-0.15, -0.1) is 0 Å². The van der Waals surface area contributed by atoms with Gasteiger partial charge in [-0.25, -0.2) is 17.5 Å². The Labute approximate surface area is 400 Å². The Hall–Kier alpha value is -6.29. The maximum absolute atomic E-state index is 14.8. The molecular weight excluding hydrogens is 904 g/mol. The summed E-state index contributed by atoms with van der Waals surface area (Å²) < 4.78 is 57.2. The highest BCUT2D eigenvalue weighted by Gasteiger charge is 2.50. The number of aromatic nitrogens is 2. The van der Waals surface area contributed by atoms with E-state index in [4.69, 9.17) is 16.0 Å². The van der Waals surface area contributed by atoms with Crippen molar-refractivity contribution in [2.24, 2.45) is 11.3 Å². The fourth-order valence-corrected chi connectivity index (χ4v) is 12.7. The number of anilines is 2. The van der Waals surface area contributed by atoms with E-state index < -0.39 is 42.9 Å². The minimum atomic E-state index is -4.77. The predicted octanol–water partition coefficient (Wildman–Crippen LogP) is 9.90. The van der Waals surface area contributed by atoms with Gasteiger partial charge in [0.05, 0.1) is 32.4 Å². The molecule has 2 aliphatic carbocycles. The molecule has 0 radical (unpaired) electrons. The number of H-pyrrole nitrogens is 1. The molecule has 18 heteroatoms. The molecule has 362 valence electrons. The van der Waals surface area contributed by atoms with E-state index in [1.54, 1.807) is 19.1 Å². The second-order valence-electron chi connectivity index (χ2n) is 20.4. The first kappa shape index (κ1) is 46.4. The summed E-state index contributed by atoms with van der Waals surface area (Å²) in [6.07, 6.45) is 10.2. The van der Waals surface area contributed by atoms with Gasteiger partial charge in [0.1, 0.15) is 12.4 Å². The van der Waals surface area contributed by atoms with Crippen LogP contribution in [0.15, 0.2) is 71.8 Å². The van der Waals surface area contributed by atoms with E-state index in [2.05, 4.69) is 72.8 Å². The highest BCUT2D eigenvalue weighted by Crippen LogP contribution is 2.54. The van der Waals surface area contributed by atoms with Gasteiger partial charge < -0.3 is 34.6 Å². The summed E-state index contributed by atoms with van der Waals surface area (Å²) in [6.45, 7) is 16.8. The van der Waals surface area contributed by atoms with E-state index in [9.17, 15) is 32.8 Å². The minimum Gasteiger partial charge on any atom is -0.489 e. The molecule has 4 N–H and O–H groups in total. The van der Waals surface area contributed by atoms with Crippen LogP contribution in [-0.4, -0.2) is 83.1 Å². The number of benzene rings is 3. The van der Waals surface area contributed by atoms with Crippen molar-refractivity contribution in [1.82, 2.24) is 19.6 Å². The number of aliphatic hydroxyl groups is 1. The largest absolute Gasteiger partial charge is 0.489 e. The van der Waals surface area contributed by atoms with Crippen molar-refractivity contribution in [3.8, 4) is 17.2 Å². The highest BCUT2D eigenvalue weighted by atomic mass is 32.2. The lowest BCUT2D eigenvalue weighted by Gasteiger charge is -2.56. The smallest absolute Gasteiger partial charge is 0.314 e. The summed E-state index contributed by atoms with van der Waals surface area (Å²) in [5, 5.41) is 26.1. The van der Waals surface area contributed by atoms with Crippen LogP contribution in [0, 0.1) is 33.8 Å². The number of pyridine rings is 1. The SMILES string of the molecule is [C-]#[N+]c1nc2[nH]cc(F)c2cc1Oc1cc(N2CCC3(CC2)CC(N2CCC[C@@H]2c2ccccc2C(C)C)C3)ccc1C(=O)NS(=O)(=O)c1cc2c(c([N+](=O)[O-])c1)N[C@@H](C1CCC(C)(O)CC1)CO2. The molecule has 1 amide bonds. The number of halogens is 1. The van der Waals surface area contributed by atoms with Crippen LogP contribution in [0.5, 0.6) is 17.2 Å². The van der Waals surface area contributed by atoms with Gasteiger partial charge in [0, 0.05) is 55.3 Å². The molecule has 4 fully saturated rings. The molecule has 0 bridgehead atoms. The van der Waals surface area contributed by atoms with Crippen LogP contribution in [0.25, 0.3) is 15.9 Å². The zero-order valence-corrected chi connectivity index (χ0v) is 39.8. The van der Waals surface area contributed by atoms with Gasteiger partial charge >= 0.3 is 5.82 Å². The molecule has 3 aliphatic heterocycles. The van der Waals surface area contributed by atoms with Crippen LogP contribution in [0.2, 0.25) is 0 Å². The number of sulfonamides is 1. The number of likely N-dealkylation sites (tertiary alicyclic amines) is 1. The molecule has 2 saturated heterocycles. The van der Waals surface area contributed by atoms with Crippen molar-refractivity contribution < 1.29 is 37.1 Å². The molecule has 5 aliphatic rings. The van der Waals surface area contributed by atoms with Crippen LogP contribution in [-0.2, 0) is 10.0 Å². The van der Waals surface area contributed by atoms with E-state index in [0.717, 1.165) is 63.6 Å². The number of amides is 1. The third kappa shape index (κ3) is 8.96. The molecule has 5 aromatic rings. The van der Waals surface area contributed by atoms with Crippen molar-refractivity contribution in [1.29, 1.82) is 0 Å². The number of hydrogen-bond donors (Lipinski definition) is 4. The number of nitrogens with one attached hydrogen (secondary N) is 3. The molecule has 3 aromatic carbocycles. The van der Waals surface area contributed by atoms with Gasteiger partial charge in [-0.2, -0.15) is 0 Å². The lowest BCUT2D eigenvalue weighted by Crippen LogP contribution is -2.54. The first-order valence-corrected chi connectivity index (χ1v) is 25.5. The highest BCUT2D eigenvalue weighted by molar-refractivity contribution is 7.90. The fraction of sp³-hybridized carbons (Fsp3) is 0.471. The van der Waals surface area contributed by atoms with Crippen molar-refractivity contribution in [2.45, 2.75) is 120 Å². The average molecular weight is 961 g/mol. The standard InChI is InChI=1S/C51H57FN8O8S/c1-30(2)35-8-5-6-9-36(35)41-10-7-19-59(41)33-26-51(27-33)17-20-58(21-18-51)32-11-12-37(43(22-32)68-45-25-38-39(52)28-54-47(38)56-48(45)53-4)49(61)57-69(65,66)34-23-42(60(63)64)46-44(24-34)67-29-40(55-46)31-13-15-50(3,62)16-14-31/h5-6,8-9,11-12,22-25,28,30-31,33,40-41,55,62H,7,10,13-21,26-27,29H2,1-3H3,(H,54,56)(H,57,61)/t31?,40-,41-,50?/m1/s1. The molecule has 1 spiro atoms. The third-order valence-corrected chi connectivity index (χ3v) is 16.9. The topological polar surface area (TPSA) is 197 Å². The number of nitro benzene ring substituents is 1. The van der Waals surface area contributed by atoms with E-state index in [1.807, 2.05) is 0 Å². The minimum absolute atomic E-state index is 0.0365. The summed E-state index contributed by atoms with van der Waals surface area (Å²) in [6, 6.07) is 17.6. The summed E-state index contributed by atoms with van der Waals surface area (Å²) >= 11 is 0. The Morgan fingerprint density at radius 1 is 1.06 bits per heavy atom. The van der Waals surface area contributed by atoms with Gasteiger partial charge in [0.25, 0.3) is 21.6 Å². The van der Waals surface area contributed by atoms with E-state index in [0.29, 0.717) is 49.4 Å². The van der Waals surface area contributed by atoms with Crippen LogP contribution in [0.3, 0.4) is 0 Å². The van der Waals surface area contributed by atoms with Crippen LogP contribution >= 0.6 is 0 Å². The Bertz CT molecular complexity index is 2980. The first-order chi connectivity index (χ1) is 33.0. The monoisotopic (exact) mass is 960 g/mol. The number of hydrogen-bond acceptors (Lipinski definition) is 12. The summed E-state index contributed by atoms with van der Waals surface area (Å²) in [4.78, 5) is 40.7. The van der Waals surface area contributed by atoms with Crippen molar-refractivity contribution >= 4 is 49.8 Å². The Morgan fingerprint density at radius 3 is 2.54 bits per heavy atom. The van der Waals surface area contributed by atoms with Gasteiger partial charge in [-0.05, 0) is 124 Å². The lowest BCUT2D eigenvalue weighted by atomic mass is 9.59. The maximum atomic E-state index is 14.8.